The number of hydrogen-bond acceptors (Lipinski definition) is 3. The van der Waals surface area contributed by atoms with Gasteiger partial charge in [0.1, 0.15) is 0 Å². The number of aromatic nitrogens is 4. The average Bonchev–Trinajstić information content (AvgIpc) is 2.98. The Kier molecular flexibility index (Phi) is 2.62. The molecule has 3 rings (SSSR count). The molecule has 1 aliphatic heterocycles. The second-order valence-electron chi connectivity index (χ2n) is 4.67. The number of aryl methyl sites for hydroxylation is 2. The molecular weight excluding hydrogens is 230 g/mol. The van der Waals surface area contributed by atoms with Gasteiger partial charge in [0.25, 0.3) is 0 Å². The fraction of sp³-hybridized carbons (Fsp3) is 0.417. The average molecular weight is 245 g/mol. The molecule has 1 amide bonds. The van der Waals surface area contributed by atoms with Crippen LogP contribution in [0.1, 0.15) is 17.8 Å². The third kappa shape index (κ3) is 1.90. The Morgan fingerprint density at radius 3 is 3.22 bits per heavy atom. The molecule has 1 aliphatic rings. The molecule has 0 saturated heterocycles. The molecule has 1 unspecified atom stereocenters. The van der Waals surface area contributed by atoms with Gasteiger partial charge in [0.2, 0.25) is 5.91 Å². The van der Waals surface area contributed by atoms with Crippen LogP contribution in [-0.2, 0) is 17.8 Å². The highest BCUT2D eigenvalue weighted by Crippen LogP contribution is 2.22. The first-order valence-electron chi connectivity index (χ1n) is 6.04. The minimum Gasteiger partial charge on any atom is -0.335 e. The summed E-state index contributed by atoms with van der Waals surface area (Å²) in [5, 5.41) is 9.62. The van der Waals surface area contributed by atoms with Crippen molar-refractivity contribution in [3.05, 3.63) is 30.1 Å². The number of imidazole rings is 1. The zero-order chi connectivity index (χ0) is 12.5. The number of amides is 1. The first-order valence-corrected chi connectivity index (χ1v) is 6.04. The Balaban J connectivity index is 1.70. The second kappa shape index (κ2) is 4.29. The van der Waals surface area contributed by atoms with Crippen LogP contribution in [0.5, 0.6) is 0 Å². The molecule has 1 atom stereocenters. The smallest absolute Gasteiger partial charge is 0.228 e. The molecule has 6 heteroatoms. The lowest BCUT2D eigenvalue weighted by molar-refractivity contribution is -0.120. The molecule has 0 fully saturated rings. The van der Waals surface area contributed by atoms with Crippen LogP contribution in [-0.4, -0.2) is 25.7 Å². The van der Waals surface area contributed by atoms with E-state index in [0.717, 1.165) is 36.5 Å². The number of aromatic amines is 1. The van der Waals surface area contributed by atoms with Crippen molar-refractivity contribution in [3.8, 4) is 0 Å². The number of hydrogen-bond donors (Lipinski definition) is 2. The van der Waals surface area contributed by atoms with Gasteiger partial charge in [-0.1, -0.05) is 0 Å². The standard InChI is InChI=1S/C12H15N5O/c1-8-11(6-14-16-8)15-12(18)9-2-3-17-7-13-5-10(17)4-9/h5-7,9H,2-4H2,1H3,(H,14,16)(H,15,18). The van der Waals surface area contributed by atoms with E-state index in [2.05, 4.69) is 25.1 Å². The molecular formula is C12H15N5O. The van der Waals surface area contributed by atoms with E-state index < -0.39 is 0 Å². The Hall–Kier alpha value is -2.11. The van der Waals surface area contributed by atoms with Crippen molar-refractivity contribution in [1.29, 1.82) is 0 Å². The largest absolute Gasteiger partial charge is 0.335 e. The van der Waals surface area contributed by atoms with Gasteiger partial charge in [0.15, 0.2) is 0 Å². The lowest BCUT2D eigenvalue weighted by Crippen LogP contribution is -2.30. The summed E-state index contributed by atoms with van der Waals surface area (Å²) in [7, 11) is 0. The number of fused-ring (bicyclic) bond motifs is 1. The normalized spacial score (nSPS) is 18.4. The Labute approximate surface area is 104 Å². The fourth-order valence-electron chi connectivity index (χ4n) is 2.30. The maximum Gasteiger partial charge on any atom is 0.228 e. The molecule has 94 valence electrons. The van der Waals surface area contributed by atoms with Gasteiger partial charge >= 0.3 is 0 Å². The Bertz CT molecular complexity index is 571. The monoisotopic (exact) mass is 245 g/mol. The van der Waals surface area contributed by atoms with Gasteiger partial charge in [-0.05, 0) is 13.3 Å². The van der Waals surface area contributed by atoms with Crippen LogP contribution >= 0.6 is 0 Å². The Morgan fingerprint density at radius 1 is 1.56 bits per heavy atom. The summed E-state index contributed by atoms with van der Waals surface area (Å²) in [5.41, 5.74) is 2.77. The van der Waals surface area contributed by atoms with Crippen LogP contribution in [0.25, 0.3) is 0 Å². The molecule has 0 bridgehead atoms. The van der Waals surface area contributed by atoms with Gasteiger partial charge in [0, 0.05) is 30.8 Å². The molecule has 18 heavy (non-hydrogen) atoms. The van der Waals surface area contributed by atoms with Crippen molar-refractivity contribution in [2.45, 2.75) is 26.3 Å². The van der Waals surface area contributed by atoms with Crippen molar-refractivity contribution in [3.63, 3.8) is 0 Å². The number of carbonyl (C=O) groups excluding carboxylic acids is 1. The molecule has 6 nitrogen and oxygen atoms in total. The molecule has 2 aromatic rings. The van der Waals surface area contributed by atoms with Crippen molar-refractivity contribution in [2.24, 2.45) is 5.92 Å². The molecule has 0 saturated carbocycles. The second-order valence-corrected chi connectivity index (χ2v) is 4.67. The maximum atomic E-state index is 12.2. The molecule has 0 spiro atoms. The molecule has 0 radical (unpaired) electrons. The predicted molar refractivity (Wildman–Crippen MR) is 66.0 cm³/mol. The predicted octanol–water partition coefficient (Wildman–Crippen LogP) is 1.12. The van der Waals surface area contributed by atoms with Crippen molar-refractivity contribution in [2.75, 3.05) is 5.32 Å². The third-order valence-electron chi connectivity index (χ3n) is 3.43. The number of carbonyl (C=O) groups is 1. The summed E-state index contributed by atoms with van der Waals surface area (Å²) >= 11 is 0. The zero-order valence-electron chi connectivity index (χ0n) is 10.2. The highest BCUT2D eigenvalue weighted by atomic mass is 16.1. The van der Waals surface area contributed by atoms with Gasteiger partial charge in [-0.15, -0.1) is 0 Å². The third-order valence-corrected chi connectivity index (χ3v) is 3.43. The topological polar surface area (TPSA) is 75.6 Å². The van der Waals surface area contributed by atoms with Crippen LogP contribution in [0.4, 0.5) is 5.69 Å². The van der Waals surface area contributed by atoms with Gasteiger partial charge in [-0.25, -0.2) is 4.98 Å². The van der Waals surface area contributed by atoms with E-state index in [1.807, 2.05) is 19.4 Å². The summed E-state index contributed by atoms with van der Waals surface area (Å²) in [6.07, 6.45) is 6.90. The van der Waals surface area contributed by atoms with Crippen LogP contribution < -0.4 is 5.32 Å². The fourth-order valence-corrected chi connectivity index (χ4v) is 2.30. The van der Waals surface area contributed by atoms with E-state index in [1.165, 1.54) is 0 Å². The van der Waals surface area contributed by atoms with Crippen LogP contribution in [0.15, 0.2) is 18.7 Å². The first kappa shape index (κ1) is 11.0. The van der Waals surface area contributed by atoms with E-state index in [0.29, 0.717) is 0 Å². The van der Waals surface area contributed by atoms with Crippen LogP contribution in [0.2, 0.25) is 0 Å². The summed E-state index contributed by atoms with van der Waals surface area (Å²) in [5.74, 6) is 0.0791. The van der Waals surface area contributed by atoms with E-state index in [4.69, 9.17) is 0 Å². The molecule has 0 aromatic carbocycles. The summed E-state index contributed by atoms with van der Waals surface area (Å²) in [4.78, 5) is 16.3. The summed E-state index contributed by atoms with van der Waals surface area (Å²) in [6.45, 7) is 2.75. The number of nitrogens with one attached hydrogen (secondary N) is 2. The van der Waals surface area contributed by atoms with E-state index >= 15 is 0 Å². The number of rotatable bonds is 2. The Morgan fingerprint density at radius 2 is 2.44 bits per heavy atom. The first-order chi connectivity index (χ1) is 8.74. The number of anilines is 1. The lowest BCUT2D eigenvalue weighted by atomic mass is 9.95. The molecule has 0 aliphatic carbocycles. The van der Waals surface area contributed by atoms with Crippen LogP contribution in [0, 0.1) is 12.8 Å². The minimum atomic E-state index is 0.0171. The number of H-pyrrole nitrogens is 1. The van der Waals surface area contributed by atoms with Gasteiger partial charge in [0.05, 0.1) is 23.9 Å². The molecule has 2 N–H and O–H groups in total. The molecule has 2 aromatic heterocycles. The minimum absolute atomic E-state index is 0.0171. The van der Waals surface area contributed by atoms with Gasteiger partial charge in [-0.3, -0.25) is 9.89 Å². The number of nitrogens with zero attached hydrogens (tertiary/aromatic N) is 3. The van der Waals surface area contributed by atoms with E-state index in [9.17, 15) is 4.79 Å². The van der Waals surface area contributed by atoms with Crippen molar-refractivity contribution < 1.29 is 4.79 Å². The van der Waals surface area contributed by atoms with Gasteiger partial charge in [-0.2, -0.15) is 5.10 Å². The highest BCUT2D eigenvalue weighted by molar-refractivity contribution is 5.93. The highest BCUT2D eigenvalue weighted by Gasteiger charge is 2.25. The maximum absolute atomic E-state index is 12.2. The lowest BCUT2D eigenvalue weighted by Gasteiger charge is -2.22. The quantitative estimate of drug-likeness (QED) is 0.832. The zero-order valence-corrected chi connectivity index (χ0v) is 10.2. The van der Waals surface area contributed by atoms with Gasteiger partial charge < -0.3 is 9.88 Å². The summed E-state index contributed by atoms with van der Waals surface area (Å²) in [6, 6.07) is 0. The van der Waals surface area contributed by atoms with Crippen molar-refractivity contribution in [1.82, 2.24) is 19.7 Å². The molecule has 3 heterocycles. The summed E-state index contributed by atoms with van der Waals surface area (Å²) < 4.78 is 2.10. The van der Waals surface area contributed by atoms with E-state index in [-0.39, 0.29) is 11.8 Å². The van der Waals surface area contributed by atoms with Crippen LogP contribution in [0.3, 0.4) is 0 Å². The SMILES string of the molecule is Cc1[nH]ncc1NC(=O)C1CCn2cncc2C1. The van der Waals surface area contributed by atoms with Crippen molar-refractivity contribution >= 4 is 11.6 Å². The van der Waals surface area contributed by atoms with E-state index in [1.54, 1.807) is 6.20 Å².